The summed E-state index contributed by atoms with van der Waals surface area (Å²) < 4.78 is 0. The largest absolute Gasteiger partial charge is 0.326 e. The van der Waals surface area contributed by atoms with Crippen LogP contribution in [0.15, 0.2) is 60.1 Å². The Bertz CT molecular complexity index is 953. The Kier molecular flexibility index (Phi) is 5.84. The van der Waals surface area contributed by atoms with Crippen LogP contribution in [-0.2, 0) is 9.59 Å². The average Bonchev–Trinajstić information content (AvgIpc) is 2.67. The van der Waals surface area contributed by atoms with Gasteiger partial charge in [0, 0.05) is 36.6 Å². The first-order valence-corrected chi connectivity index (χ1v) is 9.69. The topological polar surface area (TPSA) is 73.8 Å². The van der Waals surface area contributed by atoms with Crippen LogP contribution < -0.4 is 10.6 Å². The fourth-order valence-corrected chi connectivity index (χ4v) is 3.59. The minimum absolute atomic E-state index is 0.127. The third-order valence-electron chi connectivity index (χ3n) is 4.25. The standard InChI is InChI=1S/C21H22N4O2S/c1-13-18-7-5-6-8-19(18)24-21(25(13)4)28-14(2)20(27)23-17-11-9-16(10-12-17)22-15(3)26/h5-12,14H,1H2,2-4H3,(H,22,26)(H,23,27)/t14-/m1/s1. The molecule has 1 atom stereocenters. The van der Waals surface area contributed by atoms with Crippen LogP contribution in [0.25, 0.3) is 5.70 Å². The van der Waals surface area contributed by atoms with Crippen LogP contribution in [0.1, 0.15) is 19.4 Å². The molecule has 0 aliphatic carbocycles. The SMILES string of the molecule is C=C1c2ccccc2N=C(S[C@H](C)C(=O)Nc2ccc(NC(C)=O)cc2)N1C. The first-order valence-electron chi connectivity index (χ1n) is 8.81. The highest BCUT2D eigenvalue weighted by atomic mass is 32.2. The predicted molar refractivity (Wildman–Crippen MR) is 117 cm³/mol. The van der Waals surface area contributed by atoms with Crippen LogP contribution >= 0.6 is 11.8 Å². The third-order valence-corrected chi connectivity index (χ3v) is 5.39. The number of nitrogens with one attached hydrogen (secondary N) is 2. The average molecular weight is 395 g/mol. The maximum atomic E-state index is 12.6. The normalized spacial score (nSPS) is 14.0. The fourth-order valence-electron chi connectivity index (χ4n) is 2.69. The van der Waals surface area contributed by atoms with Crippen LogP contribution in [0.2, 0.25) is 0 Å². The predicted octanol–water partition coefficient (Wildman–Crippen LogP) is 4.31. The van der Waals surface area contributed by atoms with Gasteiger partial charge < -0.3 is 15.5 Å². The molecule has 2 aromatic carbocycles. The molecule has 0 aromatic heterocycles. The second kappa shape index (κ2) is 8.31. The lowest BCUT2D eigenvalue weighted by molar-refractivity contribution is -0.115. The van der Waals surface area contributed by atoms with Gasteiger partial charge in [0.25, 0.3) is 0 Å². The molecule has 144 valence electrons. The van der Waals surface area contributed by atoms with Gasteiger partial charge >= 0.3 is 0 Å². The number of aliphatic imine (C=N–C) groups is 1. The van der Waals surface area contributed by atoms with Crippen molar-refractivity contribution in [1.29, 1.82) is 0 Å². The van der Waals surface area contributed by atoms with Gasteiger partial charge in [-0.1, -0.05) is 36.5 Å². The molecule has 1 aliphatic heterocycles. The number of amides is 2. The maximum Gasteiger partial charge on any atom is 0.237 e. The van der Waals surface area contributed by atoms with E-state index in [1.165, 1.54) is 18.7 Å². The molecular formula is C21H22N4O2S. The van der Waals surface area contributed by atoms with Gasteiger partial charge in [-0.05, 0) is 37.3 Å². The molecule has 0 spiro atoms. The number of nitrogens with zero attached hydrogens (tertiary/aromatic N) is 2. The molecule has 0 fully saturated rings. The minimum Gasteiger partial charge on any atom is -0.326 e. The van der Waals surface area contributed by atoms with Crippen molar-refractivity contribution in [1.82, 2.24) is 4.90 Å². The number of thioether (sulfide) groups is 1. The summed E-state index contributed by atoms with van der Waals surface area (Å²) in [7, 11) is 1.90. The summed E-state index contributed by atoms with van der Waals surface area (Å²) in [5, 5.41) is 5.96. The molecule has 3 rings (SSSR count). The van der Waals surface area contributed by atoms with Gasteiger partial charge in [-0.2, -0.15) is 0 Å². The molecule has 2 N–H and O–H groups in total. The second-order valence-electron chi connectivity index (χ2n) is 6.43. The van der Waals surface area contributed by atoms with Gasteiger partial charge in [0.2, 0.25) is 11.8 Å². The molecule has 0 saturated carbocycles. The number of amidine groups is 1. The third kappa shape index (κ3) is 4.43. The Hall–Kier alpha value is -3.06. The quantitative estimate of drug-likeness (QED) is 0.810. The Labute approximate surface area is 168 Å². The van der Waals surface area contributed by atoms with Crippen molar-refractivity contribution < 1.29 is 9.59 Å². The zero-order valence-corrected chi connectivity index (χ0v) is 16.8. The van der Waals surface area contributed by atoms with E-state index in [0.717, 1.165) is 22.1 Å². The highest BCUT2D eigenvalue weighted by molar-refractivity contribution is 8.14. The van der Waals surface area contributed by atoms with E-state index < -0.39 is 0 Å². The highest BCUT2D eigenvalue weighted by Gasteiger charge is 2.24. The molecule has 0 bridgehead atoms. The summed E-state index contributed by atoms with van der Waals surface area (Å²) >= 11 is 1.38. The smallest absolute Gasteiger partial charge is 0.237 e. The first-order chi connectivity index (χ1) is 13.3. The van der Waals surface area contributed by atoms with Crippen molar-refractivity contribution in [3.8, 4) is 0 Å². The molecule has 0 unspecified atom stereocenters. The Morgan fingerprint density at radius 2 is 1.68 bits per heavy atom. The Morgan fingerprint density at radius 1 is 1.07 bits per heavy atom. The van der Waals surface area contributed by atoms with Gasteiger partial charge in [0.05, 0.1) is 10.9 Å². The minimum atomic E-state index is -0.353. The maximum absolute atomic E-state index is 12.6. The molecule has 2 amide bonds. The summed E-state index contributed by atoms with van der Waals surface area (Å²) in [6.07, 6.45) is 0. The molecule has 2 aromatic rings. The number of benzene rings is 2. The molecule has 1 heterocycles. The van der Waals surface area contributed by atoms with Crippen molar-refractivity contribution in [2.75, 3.05) is 17.7 Å². The summed E-state index contributed by atoms with van der Waals surface area (Å²) in [6, 6.07) is 14.8. The molecule has 6 nitrogen and oxygen atoms in total. The van der Waals surface area contributed by atoms with E-state index in [-0.39, 0.29) is 17.1 Å². The first kappa shape index (κ1) is 19.7. The van der Waals surface area contributed by atoms with Crippen LogP contribution in [0.4, 0.5) is 17.1 Å². The summed E-state index contributed by atoms with van der Waals surface area (Å²) in [4.78, 5) is 30.2. The lowest BCUT2D eigenvalue weighted by Gasteiger charge is -2.29. The van der Waals surface area contributed by atoms with Gasteiger partial charge in [0.15, 0.2) is 5.17 Å². The van der Waals surface area contributed by atoms with E-state index in [9.17, 15) is 9.59 Å². The van der Waals surface area contributed by atoms with E-state index in [1.807, 2.05) is 43.1 Å². The number of fused-ring (bicyclic) bond motifs is 1. The number of hydrogen-bond acceptors (Lipinski definition) is 5. The van der Waals surface area contributed by atoms with Crippen molar-refractivity contribution in [3.05, 3.63) is 60.7 Å². The van der Waals surface area contributed by atoms with E-state index in [0.29, 0.717) is 11.4 Å². The van der Waals surface area contributed by atoms with E-state index >= 15 is 0 Å². The molecule has 0 saturated heterocycles. The summed E-state index contributed by atoms with van der Waals surface area (Å²) in [5.41, 5.74) is 4.05. The number of rotatable bonds is 4. The zero-order chi connectivity index (χ0) is 20.3. The molecule has 1 aliphatic rings. The van der Waals surface area contributed by atoms with Crippen LogP contribution in [0, 0.1) is 0 Å². The number of hydrogen-bond donors (Lipinski definition) is 2. The summed E-state index contributed by atoms with van der Waals surface area (Å²) in [6.45, 7) is 7.43. The van der Waals surface area contributed by atoms with Gasteiger partial charge in [0.1, 0.15) is 0 Å². The van der Waals surface area contributed by atoms with E-state index in [2.05, 4.69) is 22.2 Å². The summed E-state index contributed by atoms with van der Waals surface area (Å²) in [5.74, 6) is -0.264. The van der Waals surface area contributed by atoms with E-state index in [4.69, 9.17) is 0 Å². The fraction of sp³-hybridized carbons (Fsp3) is 0.190. The van der Waals surface area contributed by atoms with Gasteiger partial charge in [-0.3, -0.25) is 9.59 Å². The molecule has 0 radical (unpaired) electrons. The lowest BCUT2D eigenvalue weighted by Crippen LogP contribution is -2.30. The zero-order valence-electron chi connectivity index (χ0n) is 16.0. The number of carbonyl (C=O) groups excluding carboxylic acids is 2. The molecular weight excluding hydrogens is 372 g/mol. The van der Waals surface area contributed by atoms with Crippen LogP contribution in [-0.4, -0.2) is 34.2 Å². The Morgan fingerprint density at radius 3 is 2.32 bits per heavy atom. The lowest BCUT2D eigenvalue weighted by atomic mass is 10.1. The van der Waals surface area contributed by atoms with Crippen molar-refractivity contribution in [2.45, 2.75) is 19.1 Å². The molecule has 28 heavy (non-hydrogen) atoms. The number of para-hydroxylation sites is 1. The van der Waals surface area contributed by atoms with Gasteiger partial charge in [-0.25, -0.2) is 4.99 Å². The monoisotopic (exact) mass is 394 g/mol. The van der Waals surface area contributed by atoms with Crippen molar-refractivity contribution in [2.24, 2.45) is 4.99 Å². The van der Waals surface area contributed by atoms with Crippen LogP contribution in [0.5, 0.6) is 0 Å². The van der Waals surface area contributed by atoms with E-state index in [1.54, 1.807) is 24.3 Å². The van der Waals surface area contributed by atoms with Gasteiger partial charge in [-0.15, -0.1) is 0 Å². The van der Waals surface area contributed by atoms with Crippen LogP contribution in [0.3, 0.4) is 0 Å². The molecule has 7 heteroatoms. The Balaban J connectivity index is 1.66. The highest BCUT2D eigenvalue weighted by Crippen LogP contribution is 2.35. The number of anilines is 2. The van der Waals surface area contributed by atoms with Crippen molar-refractivity contribution in [3.63, 3.8) is 0 Å². The van der Waals surface area contributed by atoms with Crippen molar-refractivity contribution >= 4 is 51.5 Å². The second-order valence-corrected chi connectivity index (χ2v) is 7.73. The number of carbonyl (C=O) groups is 2.